The van der Waals surface area contributed by atoms with Crippen LogP contribution in [0.5, 0.6) is 0 Å². The minimum absolute atomic E-state index is 0.0526. The Bertz CT molecular complexity index is 597. The normalized spacial score (nSPS) is 12.3. The first-order valence-corrected chi connectivity index (χ1v) is 7.53. The summed E-state index contributed by atoms with van der Waals surface area (Å²) in [5, 5.41) is 12.3. The average molecular weight is 310 g/mol. The number of hydrogen-bond acceptors (Lipinski definition) is 3. The minimum Gasteiger partial charge on any atom is -0.481 e. The van der Waals surface area contributed by atoms with E-state index in [0.29, 0.717) is 6.54 Å². The van der Waals surface area contributed by atoms with Crippen molar-refractivity contribution in [3.63, 3.8) is 0 Å². The predicted octanol–water partition coefficient (Wildman–Crippen LogP) is 3.88. The summed E-state index contributed by atoms with van der Waals surface area (Å²) in [5.41, 5.74) is 1.87. The van der Waals surface area contributed by atoms with Crippen LogP contribution in [0, 0.1) is 0 Å². The number of carboxylic acids is 1. The summed E-state index contributed by atoms with van der Waals surface area (Å²) in [6.45, 7) is 2.71. The van der Waals surface area contributed by atoms with Crippen LogP contribution in [0.15, 0.2) is 36.4 Å². The maximum absolute atomic E-state index is 10.8. The summed E-state index contributed by atoms with van der Waals surface area (Å²) in [6, 6.07) is 11.7. The Balaban J connectivity index is 2.01. The van der Waals surface area contributed by atoms with E-state index < -0.39 is 5.97 Å². The number of hydrogen-bond donors (Lipinski definition) is 2. The molecule has 0 bridgehead atoms. The van der Waals surface area contributed by atoms with Crippen LogP contribution in [0.3, 0.4) is 0 Å². The van der Waals surface area contributed by atoms with E-state index in [2.05, 4.69) is 12.2 Å². The third-order valence-electron chi connectivity index (χ3n) is 3.08. The second kappa shape index (κ2) is 6.88. The number of carboxylic acid groups (broad SMARTS) is 1. The SMILES string of the molecule is CC(NCc1ccccc1CC(=O)O)c1ccc(Cl)s1. The number of nitrogens with one attached hydrogen (secondary N) is 1. The van der Waals surface area contributed by atoms with Gasteiger partial charge in [0.25, 0.3) is 0 Å². The van der Waals surface area contributed by atoms with Gasteiger partial charge in [-0.05, 0) is 30.2 Å². The fraction of sp³-hybridized carbons (Fsp3) is 0.267. The van der Waals surface area contributed by atoms with Gasteiger partial charge >= 0.3 is 5.97 Å². The smallest absolute Gasteiger partial charge is 0.307 e. The molecule has 2 aromatic rings. The van der Waals surface area contributed by atoms with Crippen molar-refractivity contribution in [3.05, 3.63) is 56.7 Å². The molecule has 0 amide bonds. The van der Waals surface area contributed by atoms with Gasteiger partial charge in [-0.3, -0.25) is 4.79 Å². The fourth-order valence-electron chi connectivity index (χ4n) is 1.99. The molecule has 1 atom stereocenters. The summed E-state index contributed by atoms with van der Waals surface area (Å²) in [4.78, 5) is 12.0. The molecular weight excluding hydrogens is 294 g/mol. The molecule has 106 valence electrons. The quantitative estimate of drug-likeness (QED) is 0.851. The lowest BCUT2D eigenvalue weighted by Crippen LogP contribution is -2.18. The van der Waals surface area contributed by atoms with Gasteiger partial charge in [-0.25, -0.2) is 0 Å². The van der Waals surface area contributed by atoms with Crippen molar-refractivity contribution >= 4 is 28.9 Å². The lowest BCUT2D eigenvalue weighted by Gasteiger charge is -2.14. The van der Waals surface area contributed by atoms with Crippen molar-refractivity contribution in [2.45, 2.75) is 25.9 Å². The zero-order valence-corrected chi connectivity index (χ0v) is 12.7. The second-order valence-corrected chi connectivity index (χ2v) is 6.33. The average Bonchev–Trinajstić information content (AvgIpc) is 2.83. The Hall–Kier alpha value is -1.36. The van der Waals surface area contributed by atoms with Crippen molar-refractivity contribution in [2.75, 3.05) is 0 Å². The van der Waals surface area contributed by atoms with Gasteiger partial charge in [-0.15, -0.1) is 11.3 Å². The Morgan fingerprint density at radius 2 is 2.00 bits per heavy atom. The Labute approximate surface area is 127 Å². The van der Waals surface area contributed by atoms with Crippen LogP contribution < -0.4 is 5.32 Å². The van der Waals surface area contributed by atoms with E-state index in [9.17, 15) is 4.79 Å². The Kier molecular flexibility index (Phi) is 5.17. The standard InChI is InChI=1S/C15H16ClNO2S/c1-10(13-6-7-14(16)20-13)17-9-12-5-3-2-4-11(12)8-15(18)19/h2-7,10,17H,8-9H2,1H3,(H,18,19). The van der Waals surface area contributed by atoms with Crippen LogP contribution in [0.2, 0.25) is 4.34 Å². The van der Waals surface area contributed by atoms with E-state index in [1.807, 2.05) is 36.4 Å². The van der Waals surface area contributed by atoms with Crippen molar-refractivity contribution in [1.29, 1.82) is 0 Å². The molecular formula is C15H16ClNO2S. The second-order valence-electron chi connectivity index (χ2n) is 4.58. The molecule has 5 heteroatoms. The number of aliphatic carboxylic acids is 1. The molecule has 0 radical (unpaired) electrons. The van der Waals surface area contributed by atoms with Gasteiger partial charge in [0.05, 0.1) is 10.8 Å². The van der Waals surface area contributed by atoms with Gasteiger partial charge in [0.15, 0.2) is 0 Å². The van der Waals surface area contributed by atoms with E-state index in [4.69, 9.17) is 16.7 Å². The lowest BCUT2D eigenvalue weighted by atomic mass is 10.0. The van der Waals surface area contributed by atoms with Gasteiger partial charge < -0.3 is 10.4 Å². The largest absolute Gasteiger partial charge is 0.481 e. The number of halogens is 1. The van der Waals surface area contributed by atoms with Gasteiger partial charge in [0.1, 0.15) is 0 Å². The molecule has 1 aromatic heterocycles. The first-order chi connectivity index (χ1) is 9.56. The molecule has 0 saturated heterocycles. The zero-order valence-electron chi connectivity index (χ0n) is 11.1. The molecule has 0 aliphatic rings. The van der Waals surface area contributed by atoms with E-state index in [0.717, 1.165) is 15.5 Å². The summed E-state index contributed by atoms with van der Waals surface area (Å²) < 4.78 is 0.778. The highest BCUT2D eigenvalue weighted by Gasteiger charge is 2.10. The Morgan fingerprint density at radius 1 is 1.30 bits per heavy atom. The molecule has 1 unspecified atom stereocenters. The van der Waals surface area contributed by atoms with Gasteiger partial charge in [-0.2, -0.15) is 0 Å². The summed E-state index contributed by atoms with van der Waals surface area (Å²) >= 11 is 7.48. The fourth-order valence-corrected chi connectivity index (χ4v) is 3.08. The number of rotatable bonds is 6. The van der Waals surface area contributed by atoms with Crippen LogP contribution in [0.4, 0.5) is 0 Å². The van der Waals surface area contributed by atoms with Crippen LogP contribution in [0.25, 0.3) is 0 Å². The van der Waals surface area contributed by atoms with E-state index >= 15 is 0 Å². The van der Waals surface area contributed by atoms with E-state index in [-0.39, 0.29) is 12.5 Å². The third kappa shape index (κ3) is 4.07. The molecule has 0 fully saturated rings. The van der Waals surface area contributed by atoms with Crippen molar-refractivity contribution in [2.24, 2.45) is 0 Å². The molecule has 2 N–H and O–H groups in total. The highest BCUT2D eigenvalue weighted by molar-refractivity contribution is 7.16. The highest BCUT2D eigenvalue weighted by Crippen LogP contribution is 2.26. The molecule has 0 saturated carbocycles. The lowest BCUT2D eigenvalue weighted by molar-refractivity contribution is -0.136. The minimum atomic E-state index is -0.810. The number of thiophene rings is 1. The van der Waals surface area contributed by atoms with Crippen molar-refractivity contribution < 1.29 is 9.90 Å². The van der Waals surface area contributed by atoms with Crippen molar-refractivity contribution in [3.8, 4) is 0 Å². The van der Waals surface area contributed by atoms with Crippen LogP contribution >= 0.6 is 22.9 Å². The van der Waals surface area contributed by atoms with Gasteiger partial charge in [-0.1, -0.05) is 35.9 Å². The monoisotopic (exact) mass is 309 g/mol. The predicted molar refractivity (Wildman–Crippen MR) is 82.4 cm³/mol. The molecule has 20 heavy (non-hydrogen) atoms. The summed E-state index contributed by atoms with van der Waals surface area (Å²) in [7, 11) is 0. The first kappa shape index (κ1) is 15.0. The summed E-state index contributed by atoms with van der Waals surface area (Å²) in [6.07, 6.45) is 0.0526. The third-order valence-corrected chi connectivity index (χ3v) is 4.49. The Morgan fingerprint density at radius 3 is 2.60 bits per heavy atom. The first-order valence-electron chi connectivity index (χ1n) is 6.33. The highest BCUT2D eigenvalue weighted by atomic mass is 35.5. The molecule has 2 rings (SSSR count). The van der Waals surface area contributed by atoms with E-state index in [1.54, 1.807) is 11.3 Å². The molecule has 1 heterocycles. The molecule has 0 aliphatic heterocycles. The molecule has 0 aliphatic carbocycles. The number of carbonyl (C=O) groups is 1. The van der Waals surface area contributed by atoms with Gasteiger partial charge in [0, 0.05) is 17.5 Å². The van der Waals surface area contributed by atoms with E-state index in [1.165, 1.54) is 4.88 Å². The topological polar surface area (TPSA) is 49.3 Å². The summed E-state index contributed by atoms with van der Waals surface area (Å²) in [5.74, 6) is -0.810. The molecule has 1 aromatic carbocycles. The molecule has 3 nitrogen and oxygen atoms in total. The van der Waals surface area contributed by atoms with Crippen LogP contribution in [-0.2, 0) is 17.8 Å². The van der Waals surface area contributed by atoms with Crippen LogP contribution in [-0.4, -0.2) is 11.1 Å². The van der Waals surface area contributed by atoms with Crippen LogP contribution in [0.1, 0.15) is 29.0 Å². The maximum Gasteiger partial charge on any atom is 0.307 e. The zero-order chi connectivity index (χ0) is 14.5. The van der Waals surface area contributed by atoms with Gasteiger partial charge in [0.2, 0.25) is 0 Å². The maximum atomic E-state index is 10.8. The molecule has 0 spiro atoms. The number of benzene rings is 1. The van der Waals surface area contributed by atoms with Crippen molar-refractivity contribution in [1.82, 2.24) is 5.32 Å².